The van der Waals surface area contributed by atoms with Crippen LogP contribution in [0.4, 0.5) is 5.69 Å². The van der Waals surface area contributed by atoms with E-state index in [1.807, 2.05) is 29.6 Å². The average Bonchev–Trinajstić information content (AvgIpc) is 3.44. The lowest BCUT2D eigenvalue weighted by molar-refractivity contribution is 0.0955. The Balaban J connectivity index is 1.39. The molecule has 4 rings (SSSR count). The first kappa shape index (κ1) is 21.0. The smallest absolute Gasteiger partial charge is 0.253 e. The van der Waals surface area contributed by atoms with Gasteiger partial charge >= 0.3 is 0 Å². The number of carbonyl (C=O) groups is 1. The summed E-state index contributed by atoms with van der Waals surface area (Å²) in [6, 6.07) is 12.7. The van der Waals surface area contributed by atoms with Crippen LogP contribution in [0.25, 0.3) is 21.9 Å². The van der Waals surface area contributed by atoms with Crippen molar-refractivity contribution in [1.82, 2.24) is 20.3 Å². The van der Waals surface area contributed by atoms with E-state index in [1.165, 1.54) is 0 Å². The van der Waals surface area contributed by atoms with Crippen LogP contribution in [-0.4, -0.2) is 41.6 Å². The third-order valence-electron chi connectivity index (χ3n) is 4.69. The van der Waals surface area contributed by atoms with Crippen LogP contribution in [0, 0.1) is 0 Å². The van der Waals surface area contributed by atoms with Gasteiger partial charge in [0, 0.05) is 18.4 Å². The average molecular weight is 456 g/mol. The highest BCUT2D eigenvalue weighted by atomic mass is 32.2. The van der Waals surface area contributed by atoms with Gasteiger partial charge in [0.15, 0.2) is 5.65 Å². The van der Waals surface area contributed by atoms with E-state index in [4.69, 9.17) is 0 Å². The van der Waals surface area contributed by atoms with E-state index >= 15 is 0 Å². The number of pyridine rings is 1. The molecule has 0 saturated carbocycles. The summed E-state index contributed by atoms with van der Waals surface area (Å²) in [5.74, 6) is 0.494. The van der Waals surface area contributed by atoms with Crippen LogP contribution in [0.2, 0.25) is 0 Å². The molecule has 1 amide bonds. The van der Waals surface area contributed by atoms with Crippen LogP contribution in [0.15, 0.2) is 54.0 Å². The first-order valence-electron chi connectivity index (χ1n) is 9.71. The third-order valence-corrected chi connectivity index (χ3v) is 6.87. The van der Waals surface area contributed by atoms with E-state index in [0.29, 0.717) is 41.2 Å². The van der Waals surface area contributed by atoms with Gasteiger partial charge in [0.05, 0.1) is 16.2 Å². The Hall–Kier alpha value is -3.24. The van der Waals surface area contributed by atoms with E-state index in [0.717, 1.165) is 10.4 Å². The van der Waals surface area contributed by atoms with Crippen LogP contribution in [0.1, 0.15) is 22.8 Å². The largest absolute Gasteiger partial charge is 0.352 e. The fourth-order valence-corrected chi connectivity index (χ4v) is 4.34. The summed E-state index contributed by atoms with van der Waals surface area (Å²) in [4.78, 5) is 25.7. The second-order valence-corrected chi connectivity index (χ2v) is 9.79. The molecule has 31 heavy (non-hydrogen) atoms. The summed E-state index contributed by atoms with van der Waals surface area (Å²) in [6.45, 7) is 2.02. The Morgan fingerprint density at radius 1 is 1.16 bits per heavy atom. The van der Waals surface area contributed by atoms with Crippen LogP contribution >= 0.6 is 11.3 Å². The molecular weight excluding hydrogens is 434 g/mol. The monoisotopic (exact) mass is 455 g/mol. The fourth-order valence-electron chi connectivity index (χ4n) is 3.03. The topological polar surface area (TPSA) is 117 Å². The number of fused-ring (bicyclic) bond motifs is 1. The van der Waals surface area contributed by atoms with Crippen LogP contribution in [0.5, 0.6) is 0 Å². The maximum atomic E-state index is 12.7. The molecule has 3 aromatic heterocycles. The van der Waals surface area contributed by atoms with Gasteiger partial charge in [-0.2, -0.15) is 0 Å². The number of benzene rings is 1. The molecule has 0 aliphatic heterocycles. The summed E-state index contributed by atoms with van der Waals surface area (Å²) in [5, 5.41) is 4.88. The maximum Gasteiger partial charge on any atom is 0.253 e. The normalized spacial score (nSPS) is 11.5. The van der Waals surface area contributed by atoms with Crippen molar-refractivity contribution >= 4 is 44.1 Å². The van der Waals surface area contributed by atoms with E-state index in [-0.39, 0.29) is 11.7 Å². The molecule has 10 heteroatoms. The highest BCUT2D eigenvalue weighted by Gasteiger charge is 2.15. The Labute approximate surface area is 183 Å². The number of hydrogen-bond acceptors (Lipinski definition) is 6. The van der Waals surface area contributed by atoms with Gasteiger partial charge < -0.3 is 10.3 Å². The van der Waals surface area contributed by atoms with Crippen molar-refractivity contribution in [2.24, 2.45) is 0 Å². The number of sulfonamides is 1. The fraction of sp³-hybridized carbons (Fsp3) is 0.190. The molecule has 0 fully saturated rings. The van der Waals surface area contributed by atoms with Crippen LogP contribution < -0.4 is 10.0 Å². The number of nitrogens with zero attached hydrogens (tertiary/aromatic N) is 2. The molecule has 0 aliphatic carbocycles. The lowest BCUT2D eigenvalue weighted by Gasteiger charge is -2.08. The third kappa shape index (κ3) is 4.92. The lowest BCUT2D eigenvalue weighted by atomic mass is 10.1. The zero-order chi connectivity index (χ0) is 21.8. The van der Waals surface area contributed by atoms with Crippen LogP contribution in [0.3, 0.4) is 0 Å². The SMILES string of the molecule is CCS(=O)(=O)Nc1ccc(CCNC(=O)c2ccnc3[nH]c(-c4cccs4)nc23)cc1. The number of hydrogen-bond donors (Lipinski definition) is 3. The summed E-state index contributed by atoms with van der Waals surface area (Å²) in [7, 11) is -3.29. The minimum atomic E-state index is -3.29. The van der Waals surface area contributed by atoms with Gasteiger partial charge in [-0.05, 0) is 48.6 Å². The van der Waals surface area contributed by atoms with Gasteiger partial charge in [0.1, 0.15) is 11.3 Å². The first-order chi connectivity index (χ1) is 14.9. The molecule has 0 bridgehead atoms. The number of imidazole rings is 1. The van der Waals surface area contributed by atoms with E-state index in [2.05, 4.69) is 25.0 Å². The number of rotatable bonds is 8. The summed E-state index contributed by atoms with van der Waals surface area (Å²) < 4.78 is 25.8. The van der Waals surface area contributed by atoms with Crippen molar-refractivity contribution in [2.45, 2.75) is 13.3 Å². The number of amides is 1. The minimum Gasteiger partial charge on any atom is -0.352 e. The van der Waals surface area contributed by atoms with Gasteiger partial charge in [-0.1, -0.05) is 18.2 Å². The van der Waals surface area contributed by atoms with Gasteiger partial charge in [-0.15, -0.1) is 11.3 Å². The number of nitrogens with one attached hydrogen (secondary N) is 3. The van der Waals surface area contributed by atoms with Crippen LogP contribution in [-0.2, 0) is 16.4 Å². The molecular formula is C21H21N5O3S2. The molecule has 0 saturated heterocycles. The van der Waals surface area contributed by atoms with E-state index in [9.17, 15) is 13.2 Å². The first-order valence-corrected chi connectivity index (χ1v) is 12.2. The summed E-state index contributed by atoms with van der Waals surface area (Å²) in [5.41, 5.74) is 3.08. The molecule has 4 aromatic rings. The van der Waals surface area contributed by atoms with Gasteiger partial charge in [-0.3, -0.25) is 9.52 Å². The predicted molar refractivity (Wildman–Crippen MR) is 123 cm³/mol. The van der Waals surface area contributed by atoms with Gasteiger partial charge in [-0.25, -0.2) is 18.4 Å². The number of aromatic amines is 1. The molecule has 160 valence electrons. The van der Waals surface area contributed by atoms with E-state index < -0.39 is 10.0 Å². The molecule has 0 aliphatic rings. The molecule has 0 atom stereocenters. The Bertz CT molecular complexity index is 1300. The minimum absolute atomic E-state index is 0.0217. The lowest BCUT2D eigenvalue weighted by Crippen LogP contribution is -2.26. The zero-order valence-corrected chi connectivity index (χ0v) is 18.4. The van der Waals surface area contributed by atoms with Crippen molar-refractivity contribution in [3.63, 3.8) is 0 Å². The molecule has 0 radical (unpaired) electrons. The van der Waals surface area contributed by atoms with Crippen molar-refractivity contribution in [2.75, 3.05) is 17.0 Å². The second kappa shape index (κ2) is 8.86. The number of H-pyrrole nitrogens is 1. The molecule has 3 heterocycles. The molecule has 1 aromatic carbocycles. The van der Waals surface area contributed by atoms with E-state index in [1.54, 1.807) is 42.7 Å². The molecule has 0 spiro atoms. The Morgan fingerprint density at radius 3 is 2.68 bits per heavy atom. The van der Waals surface area contributed by atoms with Gasteiger partial charge in [0.2, 0.25) is 10.0 Å². The number of anilines is 1. The van der Waals surface area contributed by atoms with Crippen molar-refractivity contribution in [1.29, 1.82) is 0 Å². The highest BCUT2D eigenvalue weighted by Crippen LogP contribution is 2.25. The highest BCUT2D eigenvalue weighted by molar-refractivity contribution is 7.92. The Kier molecular flexibility index (Phi) is 6.01. The summed E-state index contributed by atoms with van der Waals surface area (Å²) >= 11 is 1.56. The summed E-state index contributed by atoms with van der Waals surface area (Å²) in [6.07, 6.45) is 2.20. The zero-order valence-electron chi connectivity index (χ0n) is 16.8. The maximum absolute atomic E-state index is 12.7. The van der Waals surface area contributed by atoms with Gasteiger partial charge in [0.25, 0.3) is 5.91 Å². The second-order valence-electron chi connectivity index (χ2n) is 6.83. The molecule has 8 nitrogen and oxygen atoms in total. The van der Waals surface area contributed by atoms with Crippen molar-refractivity contribution in [3.05, 3.63) is 65.2 Å². The number of thiophene rings is 1. The van der Waals surface area contributed by atoms with Crippen molar-refractivity contribution < 1.29 is 13.2 Å². The number of carbonyl (C=O) groups excluding carboxylic acids is 1. The molecule has 3 N–H and O–H groups in total. The van der Waals surface area contributed by atoms with Crippen molar-refractivity contribution in [3.8, 4) is 10.7 Å². The standard InChI is InChI=1S/C21H21N5O3S2/c1-2-31(28,29)26-15-7-5-14(6-8-15)9-11-23-21(27)16-10-12-22-20-18(16)24-19(25-20)17-4-3-13-30-17/h3-8,10,12-13,26H,2,9,11H2,1H3,(H,23,27)(H,22,24,25). The number of aromatic nitrogens is 3. The quantitative estimate of drug-likeness (QED) is 0.376. The Morgan fingerprint density at radius 2 is 1.97 bits per heavy atom. The molecule has 0 unspecified atom stereocenters. The predicted octanol–water partition coefficient (Wildman–Crippen LogP) is 3.42.